The number of methoxy groups -OCH3 is 1. The maximum absolute atomic E-state index is 5.54. The predicted molar refractivity (Wildman–Crippen MR) is 59.0 cm³/mol. The van der Waals surface area contributed by atoms with Crippen molar-refractivity contribution in [1.82, 2.24) is 4.90 Å². The lowest BCUT2D eigenvalue weighted by molar-refractivity contribution is -0.0249. The molecule has 1 aliphatic heterocycles. The van der Waals surface area contributed by atoms with Crippen molar-refractivity contribution in [1.29, 1.82) is 0 Å². The van der Waals surface area contributed by atoms with Crippen molar-refractivity contribution in [2.75, 3.05) is 46.5 Å². The highest BCUT2D eigenvalue weighted by molar-refractivity contribution is 5.85. The Morgan fingerprint density at radius 3 is 3.00 bits per heavy atom. The molecule has 4 nitrogen and oxygen atoms in total. The number of hydrogen-bond donors (Lipinski definition) is 1. The molecule has 0 saturated carbocycles. The second kappa shape index (κ2) is 8.44. The summed E-state index contributed by atoms with van der Waals surface area (Å²) in [5.41, 5.74) is 5.54. The first-order chi connectivity index (χ1) is 6.36. The average Bonchev–Trinajstić information content (AvgIpc) is 2.19. The fourth-order valence-corrected chi connectivity index (χ4v) is 1.56. The minimum atomic E-state index is 0. The molecule has 0 aromatic carbocycles. The van der Waals surface area contributed by atoms with Crippen molar-refractivity contribution in [2.24, 2.45) is 5.73 Å². The molecule has 1 saturated heterocycles. The number of morpholine rings is 1. The molecule has 5 heteroatoms. The molecule has 1 atom stereocenters. The highest BCUT2D eigenvalue weighted by Gasteiger charge is 2.18. The Morgan fingerprint density at radius 2 is 2.36 bits per heavy atom. The van der Waals surface area contributed by atoms with E-state index < -0.39 is 0 Å². The van der Waals surface area contributed by atoms with Gasteiger partial charge in [0.1, 0.15) is 0 Å². The number of hydrogen-bond acceptors (Lipinski definition) is 4. The molecule has 0 aromatic heterocycles. The van der Waals surface area contributed by atoms with Gasteiger partial charge in [-0.3, -0.25) is 4.90 Å². The van der Waals surface area contributed by atoms with Gasteiger partial charge >= 0.3 is 0 Å². The van der Waals surface area contributed by atoms with Gasteiger partial charge in [0.25, 0.3) is 0 Å². The molecule has 0 spiro atoms. The Kier molecular flexibility index (Phi) is 8.52. The van der Waals surface area contributed by atoms with Crippen LogP contribution in [0, 0.1) is 0 Å². The number of ether oxygens (including phenoxy) is 2. The molecule has 1 unspecified atom stereocenters. The van der Waals surface area contributed by atoms with Gasteiger partial charge in [-0.25, -0.2) is 0 Å². The summed E-state index contributed by atoms with van der Waals surface area (Å²) in [5, 5.41) is 0. The van der Waals surface area contributed by atoms with Gasteiger partial charge < -0.3 is 15.2 Å². The first-order valence-electron chi connectivity index (χ1n) is 4.89. The molecule has 14 heavy (non-hydrogen) atoms. The predicted octanol–water partition coefficient (Wildman–Crippen LogP) is 0.104. The minimum Gasteiger partial charge on any atom is -0.385 e. The second-order valence-corrected chi connectivity index (χ2v) is 3.38. The fourth-order valence-electron chi connectivity index (χ4n) is 1.56. The average molecular weight is 225 g/mol. The maximum Gasteiger partial charge on any atom is 0.0824 e. The maximum atomic E-state index is 5.54. The van der Waals surface area contributed by atoms with Crippen molar-refractivity contribution >= 4 is 12.4 Å². The van der Waals surface area contributed by atoms with Gasteiger partial charge in [0, 0.05) is 39.9 Å². The van der Waals surface area contributed by atoms with Crippen LogP contribution in [0.1, 0.15) is 6.42 Å². The van der Waals surface area contributed by atoms with Gasteiger partial charge in [-0.15, -0.1) is 12.4 Å². The number of nitrogens with zero attached hydrogens (tertiary/aromatic N) is 1. The quantitative estimate of drug-likeness (QED) is 0.674. The summed E-state index contributed by atoms with van der Waals surface area (Å²) in [7, 11) is 1.74. The van der Waals surface area contributed by atoms with Crippen LogP contribution >= 0.6 is 12.4 Å². The molecule has 1 fully saturated rings. The lowest BCUT2D eigenvalue weighted by Gasteiger charge is -2.32. The number of rotatable bonds is 5. The van der Waals surface area contributed by atoms with Crippen LogP contribution in [-0.2, 0) is 9.47 Å². The second-order valence-electron chi connectivity index (χ2n) is 3.38. The van der Waals surface area contributed by atoms with E-state index in [-0.39, 0.29) is 18.5 Å². The van der Waals surface area contributed by atoms with Crippen LogP contribution in [0.2, 0.25) is 0 Å². The molecule has 1 aliphatic rings. The first kappa shape index (κ1) is 14.1. The molecule has 1 heterocycles. The van der Waals surface area contributed by atoms with E-state index in [1.165, 1.54) is 0 Å². The molecule has 0 aliphatic carbocycles. The van der Waals surface area contributed by atoms with Crippen LogP contribution in [0.5, 0.6) is 0 Å². The van der Waals surface area contributed by atoms with Crippen molar-refractivity contribution in [3.05, 3.63) is 0 Å². The topological polar surface area (TPSA) is 47.7 Å². The SMILES string of the molecule is COCCCN1CCOC(CN)C1.Cl. The Bertz CT molecular complexity index is 138. The zero-order valence-corrected chi connectivity index (χ0v) is 9.59. The highest BCUT2D eigenvalue weighted by atomic mass is 35.5. The standard InChI is InChI=1S/C9H20N2O2.ClH/c1-12-5-2-3-11-4-6-13-9(7-10)8-11;/h9H,2-8,10H2,1H3;1H. The van der Waals surface area contributed by atoms with E-state index in [1.54, 1.807) is 7.11 Å². The van der Waals surface area contributed by atoms with E-state index in [0.717, 1.165) is 39.3 Å². The molecular weight excluding hydrogens is 204 g/mol. The Balaban J connectivity index is 0.00000169. The first-order valence-corrected chi connectivity index (χ1v) is 4.89. The van der Waals surface area contributed by atoms with Gasteiger partial charge in [0.05, 0.1) is 12.7 Å². The van der Waals surface area contributed by atoms with E-state index in [2.05, 4.69) is 4.90 Å². The van der Waals surface area contributed by atoms with Gasteiger partial charge in [0.2, 0.25) is 0 Å². The Hall–Kier alpha value is 0.130. The van der Waals surface area contributed by atoms with E-state index in [1.807, 2.05) is 0 Å². The van der Waals surface area contributed by atoms with Crippen molar-refractivity contribution in [3.8, 4) is 0 Å². The minimum absolute atomic E-state index is 0. The van der Waals surface area contributed by atoms with Crippen LogP contribution in [0.3, 0.4) is 0 Å². The summed E-state index contributed by atoms with van der Waals surface area (Å²) in [4.78, 5) is 2.39. The Labute approximate surface area is 92.1 Å². The van der Waals surface area contributed by atoms with E-state index in [9.17, 15) is 0 Å². The van der Waals surface area contributed by atoms with Crippen molar-refractivity contribution < 1.29 is 9.47 Å². The van der Waals surface area contributed by atoms with Crippen LogP contribution < -0.4 is 5.73 Å². The van der Waals surface area contributed by atoms with Crippen LogP contribution in [0.25, 0.3) is 0 Å². The monoisotopic (exact) mass is 224 g/mol. The zero-order valence-electron chi connectivity index (χ0n) is 8.78. The van der Waals surface area contributed by atoms with Gasteiger partial charge in [-0.2, -0.15) is 0 Å². The summed E-state index contributed by atoms with van der Waals surface area (Å²) >= 11 is 0. The van der Waals surface area contributed by atoms with Gasteiger partial charge in [-0.05, 0) is 6.42 Å². The lowest BCUT2D eigenvalue weighted by atomic mass is 10.2. The third-order valence-corrected chi connectivity index (χ3v) is 2.31. The van der Waals surface area contributed by atoms with E-state index in [0.29, 0.717) is 6.54 Å². The normalized spacial score (nSPS) is 23.1. The summed E-state index contributed by atoms with van der Waals surface area (Å²) in [6.07, 6.45) is 1.32. The van der Waals surface area contributed by atoms with Gasteiger partial charge in [0.15, 0.2) is 0 Å². The molecule has 86 valence electrons. The lowest BCUT2D eigenvalue weighted by Crippen LogP contribution is -2.45. The third kappa shape index (κ3) is 5.12. The van der Waals surface area contributed by atoms with Gasteiger partial charge in [-0.1, -0.05) is 0 Å². The smallest absolute Gasteiger partial charge is 0.0824 e. The van der Waals surface area contributed by atoms with E-state index in [4.69, 9.17) is 15.2 Å². The van der Waals surface area contributed by atoms with Crippen molar-refractivity contribution in [2.45, 2.75) is 12.5 Å². The molecule has 0 bridgehead atoms. The van der Waals surface area contributed by atoms with Crippen LogP contribution in [0.4, 0.5) is 0 Å². The summed E-state index contributed by atoms with van der Waals surface area (Å²) in [5.74, 6) is 0. The number of nitrogens with two attached hydrogens (primary N) is 1. The molecule has 1 rings (SSSR count). The molecule has 0 radical (unpaired) electrons. The summed E-state index contributed by atoms with van der Waals surface area (Å²) in [6.45, 7) is 5.37. The largest absolute Gasteiger partial charge is 0.385 e. The van der Waals surface area contributed by atoms with Crippen LogP contribution in [0.15, 0.2) is 0 Å². The summed E-state index contributed by atoms with van der Waals surface area (Å²) < 4.78 is 10.5. The Morgan fingerprint density at radius 1 is 1.57 bits per heavy atom. The molecule has 0 aromatic rings. The fraction of sp³-hybridized carbons (Fsp3) is 1.00. The van der Waals surface area contributed by atoms with E-state index >= 15 is 0 Å². The van der Waals surface area contributed by atoms with Crippen LogP contribution in [-0.4, -0.2) is 57.5 Å². The zero-order chi connectivity index (χ0) is 9.52. The molecule has 0 amide bonds. The highest BCUT2D eigenvalue weighted by Crippen LogP contribution is 2.04. The molecular formula is C9H21ClN2O2. The van der Waals surface area contributed by atoms with Crippen molar-refractivity contribution in [3.63, 3.8) is 0 Å². The molecule has 2 N–H and O–H groups in total. The summed E-state index contributed by atoms with van der Waals surface area (Å²) in [6, 6.07) is 0. The third-order valence-electron chi connectivity index (χ3n) is 2.31. The number of halogens is 1.